The van der Waals surface area contributed by atoms with E-state index in [2.05, 4.69) is 24.0 Å². The molecule has 0 spiro atoms. The van der Waals surface area contributed by atoms with Gasteiger partial charge in [0.2, 0.25) is 0 Å². The van der Waals surface area contributed by atoms with Crippen molar-refractivity contribution >= 4 is 11.6 Å². The third-order valence-electron chi connectivity index (χ3n) is 2.69. The Balaban J connectivity index is 1.96. The molecule has 1 heterocycles. The van der Waals surface area contributed by atoms with Crippen LogP contribution >= 0.6 is 11.6 Å². The number of hydrogen-bond acceptors (Lipinski definition) is 2. The van der Waals surface area contributed by atoms with Crippen molar-refractivity contribution in [1.29, 1.82) is 0 Å². The Bertz CT molecular complexity index is 496. The highest BCUT2D eigenvalue weighted by atomic mass is 35.5. The van der Waals surface area contributed by atoms with E-state index in [0.717, 1.165) is 24.2 Å². The van der Waals surface area contributed by atoms with E-state index in [9.17, 15) is 0 Å². The zero-order valence-corrected chi connectivity index (χ0v) is 11.2. The molecule has 3 heteroatoms. The van der Waals surface area contributed by atoms with Gasteiger partial charge < -0.3 is 4.74 Å². The van der Waals surface area contributed by atoms with E-state index >= 15 is 0 Å². The van der Waals surface area contributed by atoms with Crippen LogP contribution in [0.5, 0.6) is 5.75 Å². The maximum absolute atomic E-state index is 5.97. The first-order valence-electron chi connectivity index (χ1n) is 6.10. The van der Waals surface area contributed by atoms with E-state index in [0.29, 0.717) is 11.8 Å². The summed E-state index contributed by atoms with van der Waals surface area (Å²) in [6, 6.07) is 12.0. The van der Waals surface area contributed by atoms with Crippen molar-refractivity contribution in [2.24, 2.45) is 0 Å². The normalized spacial score (nSPS) is 10.3. The van der Waals surface area contributed by atoms with Gasteiger partial charge in [0.05, 0.1) is 0 Å². The van der Waals surface area contributed by atoms with Gasteiger partial charge in [0.1, 0.15) is 17.5 Å². The summed E-state index contributed by atoms with van der Waals surface area (Å²) in [4.78, 5) is 4.02. The number of rotatable bonds is 5. The molecule has 0 aliphatic heterocycles. The van der Waals surface area contributed by atoms with Crippen LogP contribution in [0.1, 0.15) is 24.5 Å². The fourth-order valence-electron chi connectivity index (χ4n) is 1.73. The van der Waals surface area contributed by atoms with Crippen LogP contribution in [0.2, 0.25) is 5.15 Å². The van der Waals surface area contributed by atoms with Crippen LogP contribution in [-0.4, -0.2) is 4.98 Å². The molecule has 0 atom stereocenters. The smallest absolute Gasteiger partial charge is 0.135 e. The van der Waals surface area contributed by atoms with E-state index in [-0.39, 0.29) is 0 Å². The lowest BCUT2D eigenvalue weighted by Crippen LogP contribution is -1.97. The quantitative estimate of drug-likeness (QED) is 0.750. The number of ether oxygens (including phenoxy) is 1. The van der Waals surface area contributed by atoms with Gasteiger partial charge in [-0.1, -0.05) is 43.1 Å². The number of pyridine rings is 1. The van der Waals surface area contributed by atoms with Crippen molar-refractivity contribution in [2.45, 2.75) is 26.4 Å². The van der Waals surface area contributed by atoms with Gasteiger partial charge in [0, 0.05) is 11.8 Å². The molecule has 0 aliphatic rings. The van der Waals surface area contributed by atoms with Crippen LogP contribution in [0, 0.1) is 0 Å². The second-order valence-corrected chi connectivity index (χ2v) is 4.49. The molecule has 0 saturated heterocycles. The Hall–Kier alpha value is -1.54. The molecule has 0 radical (unpaired) electrons. The third-order valence-corrected chi connectivity index (χ3v) is 3.03. The monoisotopic (exact) mass is 261 g/mol. The summed E-state index contributed by atoms with van der Waals surface area (Å²) in [6.45, 7) is 2.62. The number of aryl methyl sites for hydroxylation is 1. The first kappa shape index (κ1) is 12.9. The Morgan fingerprint density at radius 3 is 2.61 bits per heavy atom. The lowest BCUT2D eigenvalue weighted by molar-refractivity contribution is 0.306. The third kappa shape index (κ3) is 3.47. The molecule has 0 aliphatic carbocycles. The molecule has 0 amide bonds. The second kappa shape index (κ2) is 6.41. The number of halogens is 1. The maximum Gasteiger partial charge on any atom is 0.135 e. The van der Waals surface area contributed by atoms with Gasteiger partial charge in [0.15, 0.2) is 0 Å². The summed E-state index contributed by atoms with van der Waals surface area (Å²) < 4.78 is 5.68. The van der Waals surface area contributed by atoms with Gasteiger partial charge in [-0.05, 0) is 30.2 Å². The molecule has 2 aromatic rings. The summed E-state index contributed by atoms with van der Waals surface area (Å²) in [5.74, 6) is 0.856. The Morgan fingerprint density at radius 2 is 1.94 bits per heavy atom. The topological polar surface area (TPSA) is 22.1 Å². The SMILES string of the molecule is CCCc1ccc(OCc2cccnc2Cl)cc1. The highest BCUT2D eigenvalue weighted by Gasteiger charge is 2.01. The molecule has 1 aromatic heterocycles. The minimum atomic E-state index is 0.444. The van der Waals surface area contributed by atoms with Crippen LogP contribution < -0.4 is 4.74 Å². The fraction of sp³-hybridized carbons (Fsp3) is 0.267. The van der Waals surface area contributed by atoms with Crippen LogP contribution in [-0.2, 0) is 13.0 Å². The van der Waals surface area contributed by atoms with Crippen molar-refractivity contribution in [3.63, 3.8) is 0 Å². The lowest BCUT2D eigenvalue weighted by atomic mass is 10.1. The fourth-order valence-corrected chi connectivity index (χ4v) is 1.90. The molecule has 0 N–H and O–H groups in total. The largest absolute Gasteiger partial charge is 0.489 e. The zero-order chi connectivity index (χ0) is 12.8. The minimum absolute atomic E-state index is 0.444. The van der Waals surface area contributed by atoms with E-state index in [1.807, 2.05) is 24.3 Å². The van der Waals surface area contributed by atoms with Crippen LogP contribution in [0.3, 0.4) is 0 Å². The number of hydrogen-bond donors (Lipinski definition) is 0. The Kier molecular flexibility index (Phi) is 4.59. The van der Waals surface area contributed by atoms with Gasteiger partial charge in [-0.3, -0.25) is 0 Å². The average Bonchev–Trinajstić information content (AvgIpc) is 2.40. The zero-order valence-electron chi connectivity index (χ0n) is 10.4. The summed E-state index contributed by atoms with van der Waals surface area (Å²) in [5, 5.41) is 0.500. The van der Waals surface area contributed by atoms with Crippen molar-refractivity contribution in [1.82, 2.24) is 4.98 Å². The first-order chi connectivity index (χ1) is 8.79. The van der Waals surface area contributed by atoms with E-state index in [4.69, 9.17) is 16.3 Å². The Morgan fingerprint density at radius 1 is 1.17 bits per heavy atom. The second-order valence-electron chi connectivity index (χ2n) is 4.14. The number of benzene rings is 1. The van der Waals surface area contributed by atoms with Gasteiger partial charge in [-0.25, -0.2) is 4.98 Å². The van der Waals surface area contributed by atoms with E-state index in [1.165, 1.54) is 5.56 Å². The molecule has 18 heavy (non-hydrogen) atoms. The van der Waals surface area contributed by atoms with Crippen LogP contribution in [0.25, 0.3) is 0 Å². The molecule has 0 unspecified atom stereocenters. The van der Waals surface area contributed by atoms with Gasteiger partial charge in [-0.15, -0.1) is 0 Å². The number of aromatic nitrogens is 1. The molecule has 0 bridgehead atoms. The summed E-state index contributed by atoms with van der Waals surface area (Å²) in [6.07, 6.45) is 3.94. The molecule has 2 rings (SSSR count). The summed E-state index contributed by atoms with van der Waals surface area (Å²) >= 11 is 5.97. The summed E-state index contributed by atoms with van der Waals surface area (Å²) in [7, 11) is 0. The molecule has 0 saturated carbocycles. The predicted octanol–water partition coefficient (Wildman–Crippen LogP) is 4.27. The average molecular weight is 262 g/mol. The molecule has 1 aromatic carbocycles. The molecule has 2 nitrogen and oxygen atoms in total. The standard InChI is InChI=1S/C15H16ClNO/c1-2-4-12-6-8-14(9-7-12)18-11-13-5-3-10-17-15(13)16/h3,5-10H,2,4,11H2,1H3. The van der Waals surface area contributed by atoms with Crippen LogP contribution in [0.4, 0.5) is 0 Å². The van der Waals surface area contributed by atoms with Gasteiger partial charge in [-0.2, -0.15) is 0 Å². The molecule has 0 fully saturated rings. The maximum atomic E-state index is 5.97. The highest BCUT2D eigenvalue weighted by Crippen LogP contribution is 2.17. The van der Waals surface area contributed by atoms with Crippen molar-refractivity contribution < 1.29 is 4.74 Å². The minimum Gasteiger partial charge on any atom is -0.489 e. The van der Waals surface area contributed by atoms with Crippen molar-refractivity contribution in [3.05, 3.63) is 58.9 Å². The van der Waals surface area contributed by atoms with Gasteiger partial charge >= 0.3 is 0 Å². The Labute approximate surface area is 113 Å². The first-order valence-corrected chi connectivity index (χ1v) is 6.48. The summed E-state index contributed by atoms with van der Waals surface area (Å²) in [5.41, 5.74) is 2.24. The van der Waals surface area contributed by atoms with E-state index < -0.39 is 0 Å². The van der Waals surface area contributed by atoms with Crippen LogP contribution in [0.15, 0.2) is 42.6 Å². The number of nitrogens with zero attached hydrogens (tertiary/aromatic N) is 1. The van der Waals surface area contributed by atoms with Crippen molar-refractivity contribution in [3.8, 4) is 5.75 Å². The molecule has 94 valence electrons. The lowest BCUT2D eigenvalue weighted by Gasteiger charge is -2.07. The van der Waals surface area contributed by atoms with E-state index in [1.54, 1.807) is 6.20 Å². The molecular formula is C15H16ClNO. The van der Waals surface area contributed by atoms with Crippen molar-refractivity contribution in [2.75, 3.05) is 0 Å². The predicted molar refractivity (Wildman–Crippen MR) is 74.0 cm³/mol. The van der Waals surface area contributed by atoms with Gasteiger partial charge in [0.25, 0.3) is 0 Å². The highest BCUT2D eigenvalue weighted by molar-refractivity contribution is 6.30. The molecular weight excluding hydrogens is 246 g/mol.